The number of methoxy groups -OCH3 is 1. The third-order valence-electron chi connectivity index (χ3n) is 3.19. The second-order valence-corrected chi connectivity index (χ2v) is 5.10. The monoisotopic (exact) mass is 287 g/mol. The van der Waals surface area contributed by atoms with Gasteiger partial charge in [0.05, 0.1) is 24.7 Å². The van der Waals surface area contributed by atoms with Gasteiger partial charge in [-0.2, -0.15) is 5.10 Å². The second kappa shape index (κ2) is 7.04. The Labute approximate surface area is 124 Å². The van der Waals surface area contributed by atoms with E-state index < -0.39 is 0 Å². The molecule has 0 aliphatic heterocycles. The van der Waals surface area contributed by atoms with E-state index in [1.54, 1.807) is 10.9 Å². The molecule has 0 atom stereocenters. The highest BCUT2D eigenvalue weighted by Gasteiger charge is 2.18. The number of aromatic nitrogens is 2. The molecule has 0 saturated heterocycles. The van der Waals surface area contributed by atoms with Crippen LogP contribution < -0.4 is 5.32 Å². The van der Waals surface area contributed by atoms with E-state index in [4.69, 9.17) is 4.74 Å². The molecule has 0 aliphatic carbocycles. The molecule has 0 unspecified atom stereocenters. The minimum absolute atomic E-state index is 0.350. The number of hydrogen-bond donors (Lipinski definition) is 1. The van der Waals surface area contributed by atoms with Crippen LogP contribution in [0.5, 0.6) is 0 Å². The van der Waals surface area contributed by atoms with Crippen molar-refractivity contribution in [3.05, 3.63) is 47.8 Å². The van der Waals surface area contributed by atoms with Crippen molar-refractivity contribution in [2.24, 2.45) is 0 Å². The molecule has 0 amide bonds. The Morgan fingerprint density at radius 3 is 2.67 bits per heavy atom. The summed E-state index contributed by atoms with van der Waals surface area (Å²) in [5, 5.41) is 7.69. The van der Waals surface area contributed by atoms with E-state index in [2.05, 4.69) is 24.3 Å². The molecule has 0 spiro atoms. The molecule has 0 radical (unpaired) electrons. The standard InChI is InChI=1S/C16H21N3O2/c1-12(2)17-10-9-15-14(16(20)21-3)11-18-19(15)13-7-5-4-6-8-13/h4-8,11-12,17H,9-10H2,1-3H3. The summed E-state index contributed by atoms with van der Waals surface area (Å²) in [6.45, 7) is 4.96. The molecule has 112 valence electrons. The fourth-order valence-electron chi connectivity index (χ4n) is 2.17. The highest BCUT2D eigenvalue weighted by atomic mass is 16.5. The average molecular weight is 287 g/mol. The molecular formula is C16H21N3O2. The molecule has 0 aliphatic rings. The lowest BCUT2D eigenvalue weighted by molar-refractivity contribution is 0.0599. The molecule has 1 heterocycles. The summed E-state index contributed by atoms with van der Waals surface area (Å²) in [5.74, 6) is -0.350. The Hall–Kier alpha value is -2.14. The Balaban J connectivity index is 2.32. The van der Waals surface area contributed by atoms with Gasteiger partial charge in [-0.05, 0) is 12.1 Å². The van der Waals surface area contributed by atoms with Crippen LogP contribution in [0.3, 0.4) is 0 Å². The Bertz CT molecular complexity index is 591. The van der Waals surface area contributed by atoms with E-state index in [1.165, 1.54) is 7.11 Å². The lowest BCUT2D eigenvalue weighted by Crippen LogP contribution is -2.26. The normalized spacial score (nSPS) is 10.9. The molecule has 0 saturated carbocycles. The molecule has 1 N–H and O–H groups in total. The van der Waals surface area contributed by atoms with Crippen LogP contribution in [0.15, 0.2) is 36.5 Å². The van der Waals surface area contributed by atoms with Crippen molar-refractivity contribution in [3.8, 4) is 5.69 Å². The Kier molecular flexibility index (Phi) is 5.11. The van der Waals surface area contributed by atoms with E-state index in [1.807, 2.05) is 30.3 Å². The zero-order valence-corrected chi connectivity index (χ0v) is 12.7. The van der Waals surface area contributed by atoms with Crippen molar-refractivity contribution in [1.29, 1.82) is 0 Å². The van der Waals surface area contributed by atoms with Crippen LogP contribution in [0.25, 0.3) is 5.69 Å². The fourth-order valence-corrected chi connectivity index (χ4v) is 2.17. The Morgan fingerprint density at radius 2 is 2.05 bits per heavy atom. The maximum Gasteiger partial charge on any atom is 0.341 e. The summed E-state index contributed by atoms with van der Waals surface area (Å²) in [6, 6.07) is 10.2. The van der Waals surface area contributed by atoms with Gasteiger partial charge in [-0.25, -0.2) is 9.48 Å². The van der Waals surface area contributed by atoms with E-state index in [0.717, 1.165) is 17.9 Å². The SMILES string of the molecule is COC(=O)c1cnn(-c2ccccc2)c1CCNC(C)C. The second-order valence-electron chi connectivity index (χ2n) is 5.10. The molecule has 2 aromatic rings. The van der Waals surface area contributed by atoms with Gasteiger partial charge in [0.1, 0.15) is 5.56 Å². The fraction of sp³-hybridized carbons (Fsp3) is 0.375. The lowest BCUT2D eigenvalue weighted by atomic mass is 10.2. The molecule has 1 aromatic heterocycles. The lowest BCUT2D eigenvalue weighted by Gasteiger charge is -2.11. The number of carbonyl (C=O) groups excluding carboxylic acids is 1. The van der Waals surface area contributed by atoms with Crippen LogP contribution in [0.1, 0.15) is 29.9 Å². The zero-order chi connectivity index (χ0) is 15.2. The third kappa shape index (κ3) is 3.70. The van der Waals surface area contributed by atoms with Gasteiger partial charge in [0.15, 0.2) is 0 Å². The first-order valence-corrected chi connectivity index (χ1v) is 7.07. The number of carbonyl (C=O) groups is 1. The first-order valence-electron chi connectivity index (χ1n) is 7.07. The van der Waals surface area contributed by atoms with Gasteiger partial charge >= 0.3 is 5.97 Å². The van der Waals surface area contributed by atoms with E-state index in [9.17, 15) is 4.79 Å². The molecular weight excluding hydrogens is 266 g/mol. The number of ether oxygens (including phenoxy) is 1. The summed E-state index contributed by atoms with van der Waals surface area (Å²) < 4.78 is 6.64. The molecule has 0 fully saturated rings. The number of para-hydroxylation sites is 1. The summed E-state index contributed by atoms with van der Waals surface area (Å²) >= 11 is 0. The van der Waals surface area contributed by atoms with Gasteiger partial charge in [0.25, 0.3) is 0 Å². The number of esters is 1. The van der Waals surface area contributed by atoms with Gasteiger partial charge in [0.2, 0.25) is 0 Å². The van der Waals surface area contributed by atoms with Crippen LogP contribution in [0.2, 0.25) is 0 Å². The minimum Gasteiger partial charge on any atom is -0.465 e. The van der Waals surface area contributed by atoms with Crippen molar-refractivity contribution in [2.75, 3.05) is 13.7 Å². The summed E-state index contributed by atoms with van der Waals surface area (Å²) in [7, 11) is 1.39. The minimum atomic E-state index is -0.350. The zero-order valence-electron chi connectivity index (χ0n) is 12.7. The van der Waals surface area contributed by atoms with Crippen molar-refractivity contribution in [1.82, 2.24) is 15.1 Å². The van der Waals surface area contributed by atoms with E-state index >= 15 is 0 Å². The van der Waals surface area contributed by atoms with Crippen molar-refractivity contribution >= 4 is 5.97 Å². The van der Waals surface area contributed by atoms with Crippen molar-refractivity contribution in [3.63, 3.8) is 0 Å². The summed E-state index contributed by atoms with van der Waals surface area (Å²) in [4.78, 5) is 11.9. The smallest absolute Gasteiger partial charge is 0.341 e. The number of hydrogen-bond acceptors (Lipinski definition) is 4. The van der Waals surface area contributed by atoms with Crippen LogP contribution >= 0.6 is 0 Å². The molecule has 1 aromatic carbocycles. The molecule has 21 heavy (non-hydrogen) atoms. The summed E-state index contributed by atoms with van der Waals surface area (Å²) in [5.41, 5.74) is 2.32. The highest BCUT2D eigenvalue weighted by molar-refractivity contribution is 5.90. The highest BCUT2D eigenvalue weighted by Crippen LogP contribution is 2.16. The predicted octanol–water partition coefficient (Wildman–Crippen LogP) is 2.20. The van der Waals surface area contributed by atoms with Crippen LogP contribution in [-0.2, 0) is 11.2 Å². The van der Waals surface area contributed by atoms with Gasteiger partial charge in [0, 0.05) is 19.0 Å². The number of nitrogens with one attached hydrogen (secondary N) is 1. The molecule has 0 bridgehead atoms. The van der Waals surface area contributed by atoms with Gasteiger partial charge in [-0.15, -0.1) is 0 Å². The van der Waals surface area contributed by atoms with Crippen LogP contribution in [0.4, 0.5) is 0 Å². The Morgan fingerprint density at radius 1 is 1.33 bits per heavy atom. The topological polar surface area (TPSA) is 56.1 Å². The first kappa shape index (κ1) is 15.3. The summed E-state index contributed by atoms with van der Waals surface area (Å²) in [6.07, 6.45) is 2.28. The number of benzene rings is 1. The maximum atomic E-state index is 11.9. The van der Waals surface area contributed by atoms with E-state index in [0.29, 0.717) is 18.0 Å². The first-order chi connectivity index (χ1) is 10.1. The third-order valence-corrected chi connectivity index (χ3v) is 3.19. The number of rotatable bonds is 6. The van der Waals surface area contributed by atoms with Gasteiger partial charge in [-0.3, -0.25) is 0 Å². The average Bonchev–Trinajstić information content (AvgIpc) is 2.91. The largest absolute Gasteiger partial charge is 0.465 e. The van der Waals surface area contributed by atoms with Crippen molar-refractivity contribution in [2.45, 2.75) is 26.3 Å². The van der Waals surface area contributed by atoms with E-state index in [-0.39, 0.29) is 5.97 Å². The predicted molar refractivity (Wildman–Crippen MR) is 81.7 cm³/mol. The molecule has 5 nitrogen and oxygen atoms in total. The molecule has 2 rings (SSSR count). The van der Waals surface area contributed by atoms with Gasteiger partial charge < -0.3 is 10.1 Å². The van der Waals surface area contributed by atoms with Crippen LogP contribution in [-0.4, -0.2) is 35.4 Å². The van der Waals surface area contributed by atoms with Crippen LogP contribution in [0, 0.1) is 0 Å². The van der Waals surface area contributed by atoms with Gasteiger partial charge in [-0.1, -0.05) is 32.0 Å². The maximum absolute atomic E-state index is 11.9. The molecule has 5 heteroatoms. The quantitative estimate of drug-likeness (QED) is 0.828. The van der Waals surface area contributed by atoms with Crippen molar-refractivity contribution < 1.29 is 9.53 Å². The number of nitrogens with zero attached hydrogens (tertiary/aromatic N) is 2.